The SMILES string of the molecule is C=Cc1c(OC)cc(OC)c(OC)c1COC.CC.COc1c(C(C)=O)ccc2c1C=CC(C)O2. The number of rotatable bonds is 8. The topological polar surface area (TPSA) is 72.5 Å². The lowest BCUT2D eigenvalue weighted by atomic mass is 10.0. The van der Waals surface area contributed by atoms with Gasteiger partial charge in [-0.3, -0.25) is 4.79 Å². The van der Waals surface area contributed by atoms with Gasteiger partial charge in [0.1, 0.15) is 23.4 Å². The Morgan fingerprint density at radius 1 is 1.00 bits per heavy atom. The third kappa shape index (κ3) is 7.02. The van der Waals surface area contributed by atoms with E-state index in [9.17, 15) is 4.79 Å². The lowest BCUT2D eigenvalue weighted by molar-refractivity contribution is 0.101. The average Bonchev–Trinajstić information content (AvgIpc) is 2.88. The molecule has 2 aromatic carbocycles. The van der Waals surface area contributed by atoms with Crippen molar-refractivity contribution in [3.63, 3.8) is 0 Å². The molecular formula is C28H38O7. The smallest absolute Gasteiger partial charge is 0.167 e. The average molecular weight is 487 g/mol. The molecule has 3 rings (SSSR count). The van der Waals surface area contributed by atoms with Gasteiger partial charge in [-0.05, 0) is 38.1 Å². The van der Waals surface area contributed by atoms with Gasteiger partial charge in [0.2, 0.25) is 0 Å². The lowest BCUT2D eigenvalue weighted by Gasteiger charge is -2.21. The standard InChI is InChI=1S/C13H18O4.C13H14O3.C2H6/c1-6-9-10(8-14-2)13(17-5)12(16-4)7-11(9)15-3;1-8-4-5-11-12(16-8)7-6-10(9(2)14)13(11)15-3;1-2/h6-7H,1,8H2,2-5H3;4-8H,1-3H3;1-2H3. The molecule has 0 saturated carbocycles. The van der Waals surface area contributed by atoms with E-state index in [0.29, 0.717) is 35.2 Å². The fourth-order valence-corrected chi connectivity index (χ4v) is 3.55. The Balaban J connectivity index is 0.000000327. The summed E-state index contributed by atoms with van der Waals surface area (Å²) in [5, 5.41) is 0. The highest BCUT2D eigenvalue weighted by molar-refractivity contribution is 5.98. The highest BCUT2D eigenvalue weighted by atomic mass is 16.5. The Bertz CT molecular complexity index is 1020. The molecule has 0 radical (unpaired) electrons. The second-order valence-corrected chi connectivity index (χ2v) is 7.14. The molecule has 0 saturated heterocycles. The first-order valence-electron chi connectivity index (χ1n) is 11.4. The van der Waals surface area contributed by atoms with Gasteiger partial charge in [-0.15, -0.1) is 0 Å². The Morgan fingerprint density at radius 3 is 2.11 bits per heavy atom. The van der Waals surface area contributed by atoms with E-state index in [-0.39, 0.29) is 11.9 Å². The van der Waals surface area contributed by atoms with Crippen molar-refractivity contribution in [1.82, 2.24) is 0 Å². The van der Waals surface area contributed by atoms with Crippen LogP contribution in [0.25, 0.3) is 12.2 Å². The molecule has 0 aliphatic carbocycles. The zero-order valence-electron chi connectivity index (χ0n) is 22.3. The first kappa shape index (κ1) is 29.6. The van der Waals surface area contributed by atoms with Crippen molar-refractivity contribution in [2.24, 2.45) is 0 Å². The summed E-state index contributed by atoms with van der Waals surface area (Å²) in [6.07, 6.45) is 5.65. The number of Topliss-reactive ketones (excluding diaryl/α,β-unsaturated/α-hetero) is 1. The number of ketones is 1. The summed E-state index contributed by atoms with van der Waals surface area (Å²) < 4.78 is 32.0. The molecule has 1 atom stereocenters. The highest BCUT2D eigenvalue weighted by Crippen LogP contribution is 2.40. The minimum absolute atomic E-state index is 0.00771. The highest BCUT2D eigenvalue weighted by Gasteiger charge is 2.20. The van der Waals surface area contributed by atoms with Crippen molar-refractivity contribution >= 4 is 17.9 Å². The Morgan fingerprint density at radius 2 is 1.63 bits per heavy atom. The molecule has 0 amide bonds. The third-order valence-corrected chi connectivity index (χ3v) is 5.07. The molecule has 2 aromatic rings. The Kier molecular flexibility index (Phi) is 12.5. The lowest BCUT2D eigenvalue weighted by Crippen LogP contribution is -2.13. The van der Waals surface area contributed by atoms with Gasteiger partial charge in [0, 0.05) is 24.3 Å². The van der Waals surface area contributed by atoms with Crippen molar-refractivity contribution in [3.8, 4) is 28.7 Å². The van der Waals surface area contributed by atoms with E-state index in [4.69, 9.17) is 28.4 Å². The molecule has 1 heterocycles. The van der Waals surface area contributed by atoms with Crippen LogP contribution < -0.4 is 23.7 Å². The van der Waals surface area contributed by atoms with Gasteiger partial charge in [0.25, 0.3) is 0 Å². The van der Waals surface area contributed by atoms with Crippen LogP contribution in [0.5, 0.6) is 28.7 Å². The predicted molar refractivity (Wildman–Crippen MR) is 140 cm³/mol. The third-order valence-electron chi connectivity index (χ3n) is 5.07. The minimum Gasteiger partial charge on any atom is -0.496 e. The van der Waals surface area contributed by atoms with Gasteiger partial charge in [0.15, 0.2) is 17.3 Å². The van der Waals surface area contributed by atoms with E-state index < -0.39 is 0 Å². The molecule has 1 aliphatic heterocycles. The quantitative estimate of drug-likeness (QED) is 0.410. The van der Waals surface area contributed by atoms with Crippen LogP contribution in [0, 0.1) is 0 Å². The second kappa shape index (κ2) is 14.7. The van der Waals surface area contributed by atoms with E-state index in [2.05, 4.69) is 6.58 Å². The summed E-state index contributed by atoms with van der Waals surface area (Å²) >= 11 is 0. The summed E-state index contributed by atoms with van der Waals surface area (Å²) in [6, 6.07) is 5.33. The van der Waals surface area contributed by atoms with Crippen LogP contribution in [-0.2, 0) is 11.3 Å². The van der Waals surface area contributed by atoms with Crippen LogP contribution in [0.4, 0.5) is 0 Å². The van der Waals surface area contributed by atoms with E-state index in [1.807, 2.05) is 39.0 Å². The Hall–Kier alpha value is -3.45. The second-order valence-electron chi connectivity index (χ2n) is 7.14. The normalized spacial score (nSPS) is 13.0. The Labute approximate surface area is 209 Å². The zero-order valence-corrected chi connectivity index (χ0v) is 22.3. The van der Waals surface area contributed by atoms with Crippen LogP contribution in [0.1, 0.15) is 54.7 Å². The van der Waals surface area contributed by atoms with Crippen LogP contribution in [0.3, 0.4) is 0 Å². The van der Waals surface area contributed by atoms with Gasteiger partial charge in [0.05, 0.1) is 46.2 Å². The largest absolute Gasteiger partial charge is 0.496 e. The first-order chi connectivity index (χ1) is 16.9. The number of hydrogen-bond donors (Lipinski definition) is 0. The number of methoxy groups -OCH3 is 5. The fourth-order valence-electron chi connectivity index (χ4n) is 3.55. The number of hydrogen-bond acceptors (Lipinski definition) is 7. The van der Waals surface area contributed by atoms with Crippen molar-refractivity contribution in [3.05, 3.63) is 53.1 Å². The molecule has 35 heavy (non-hydrogen) atoms. The molecule has 7 heteroatoms. The van der Waals surface area contributed by atoms with Crippen LogP contribution in [-0.4, -0.2) is 47.4 Å². The summed E-state index contributed by atoms with van der Waals surface area (Å²) in [7, 11) is 7.97. The summed E-state index contributed by atoms with van der Waals surface area (Å²) in [5.74, 6) is 3.29. The van der Waals surface area contributed by atoms with E-state index in [1.54, 1.807) is 53.8 Å². The molecule has 0 fully saturated rings. The minimum atomic E-state index is -0.00771. The molecule has 1 aliphatic rings. The molecule has 1 unspecified atom stereocenters. The number of ether oxygens (including phenoxy) is 6. The number of carbonyl (C=O) groups excluding carboxylic acids is 1. The van der Waals surface area contributed by atoms with Crippen molar-refractivity contribution < 1.29 is 33.2 Å². The van der Waals surface area contributed by atoms with Crippen molar-refractivity contribution in [1.29, 1.82) is 0 Å². The maximum Gasteiger partial charge on any atom is 0.167 e. The summed E-state index contributed by atoms with van der Waals surface area (Å²) in [5.41, 5.74) is 3.14. The molecule has 0 bridgehead atoms. The maximum atomic E-state index is 11.4. The number of benzene rings is 2. The van der Waals surface area contributed by atoms with Crippen molar-refractivity contribution in [2.75, 3.05) is 35.5 Å². The molecule has 192 valence electrons. The van der Waals surface area contributed by atoms with Gasteiger partial charge >= 0.3 is 0 Å². The molecular weight excluding hydrogens is 448 g/mol. The number of fused-ring (bicyclic) bond motifs is 1. The van der Waals surface area contributed by atoms with E-state index >= 15 is 0 Å². The van der Waals surface area contributed by atoms with Gasteiger partial charge in [-0.1, -0.05) is 26.5 Å². The van der Waals surface area contributed by atoms with E-state index in [1.165, 1.54) is 6.92 Å². The molecule has 0 aromatic heterocycles. The van der Waals surface area contributed by atoms with Crippen LogP contribution in [0.15, 0.2) is 30.9 Å². The predicted octanol–water partition coefficient (Wildman–Crippen LogP) is 6.22. The van der Waals surface area contributed by atoms with Gasteiger partial charge < -0.3 is 28.4 Å². The molecule has 0 spiro atoms. The van der Waals surface area contributed by atoms with Crippen molar-refractivity contribution in [2.45, 2.75) is 40.4 Å². The monoisotopic (exact) mass is 486 g/mol. The summed E-state index contributed by atoms with van der Waals surface area (Å²) in [6.45, 7) is 11.7. The molecule has 0 N–H and O–H groups in total. The zero-order chi connectivity index (χ0) is 26.5. The van der Waals surface area contributed by atoms with E-state index in [0.717, 1.165) is 22.4 Å². The maximum absolute atomic E-state index is 11.4. The van der Waals surface area contributed by atoms with Crippen LogP contribution >= 0.6 is 0 Å². The van der Waals surface area contributed by atoms with Crippen LogP contribution in [0.2, 0.25) is 0 Å². The van der Waals surface area contributed by atoms with Gasteiger partial charge in [-0.2, -0.15) is 0 Å². The van der Waals surface area contributed by atoms with Gasteiger partial charge in [-0.25, -0.2) is 0 Å². The first-order valence-corrected chi connectivity index (χ1v) is 11.4. The number of carbonyl (C=O) groups is 1. The molecule has 7 nitrogen and oxygen atoms in total. The fraction of sp³-hybridized carbons (Fsp3) is 0.393. The summed E-state index contributed by atoms with van der Waals surface area (Å²) in [4.78, 5) is 11.4.